The molecule has 1 N–H and O–H groups in total. The molecule has 0 amide bonds. The van der Waals surface area contributed by atoms with Crippen molar-refractivity contribution in [1.29, 1.82) is 0 Å². The van der Waals surface area contributed by atoms with Crippen LogP contribution in [-0.4, -0.2) is 47.7 Å². The molecule has 19 heavy (non-hydrogen) atoms. The molecule has 1 fully saturated rings. The summed E-state index contributed by atoms with van der Waals surface area (Å²) in [5, 5.41) is 3.34. The predicted octanol–water partition coefficient (Wildman–Crippen LogP) is 2.16. The highest BCUT2D eigenvalue weighted by atomic mass is 16.5. The molecule has 0 radical (unpaired) electrons. The van der Waals surface area contributed by atoms with Crippen LogP contribution in [0.3, 0.4) is 0 Å². The van der Waals surface area contributed by atoms with E-state index in [0.29, 0.717) is 12.5 Å². The Labute approximate surface area is 115 Å². The van der Waals surface area contributed by atoms with Gasteiger partial charge in [-0.05, 0) is 32.9 Å². The van der Waals surface area contributed by atoms with E-state index in [9.17, 15) is 0 Å². The van der Waals surface area contributed by atoms with E-state index in [1.165, 1.54) is 38.8 Å². The van der Waals surface area contributed by atoms with Crippen LogP contribution in [0.25, 0.3) is 0 Å². The number of ether oxygens (including phenoxy) is 1. The van der Waals surface area contributed by atoms with E-state index in [1.807, 2.05) is 13.0 Å². The molecule has 0 unspecified atom stereocenters. The van der Waals surface area contributed by atoms with Gasteiger partial charge in [0.15, 0.2) is 0 Å². The molecule has 1 saturated heterocycles. The van der Waals surface area contributed by atoms with Crippen molar-refractivity contribution in [1.82, 2.24) is 14.9 Å². The topological polar surface area (TPSA) is 50.3 Å². The zero-order chi connectivity index (χ0) is 13.3. The highest BCUT2D eigenvalue weighted by molar-refractivity contribution is 5.36. The van der Waals surface area contributed by atoms with Crippen molar-refractivity contribution < 1.29 is 4.74 Å². The van der Waals surface area contributed by atoms with E-state index in [0.717, 1.165) is 18.9 Å². The Morgan fingerprint density at radius 2 is 2.00 bits per heavy atom. The van der Waals surface area contributed by atoms with Crippen LogP contribution in [0, 0.1) is 0 Å². The van der Waals surface area contributed by atoms with Crippen LogP contribution in [0.4, 0.5) is 5.82 Å². The van der Waals surface area contributed by atoms with Crippen molar-refractivity contribution in [3.05, 3.63) is 12.4 Å². The molecule has 2 heterocycles. The maximum Gasteiger partial charge on any atom is 0.218 e. The number of hydrogen-bond donors (Lipinski definition) is 1. The summed E-state index contributed by atoms with van der Waals surface area (Å²) in [5.41, 5.74) is 0. The second kappa shape index (κ2) is 7.94. The first-order chi connectivity index (χ1) is 9.38. The first-order valence-corrected chi connectivity index (χ1v) is 7.29. The summed E-state index contributed by atoms with van der Waals surface area (Å²) in [5.74, 6) is 1.48. The van der Waals surface area contributed by atoms with Gasteiger partial charge in [-0.15, -0.1) is 0 Å². The Morgan fingerprint density at radius 3 is 2.74 bits per heavy atom. The zero-order valence-corrected chi connectivity index (χ0v) is 11.8. The van der Waals surface area contributed by atoms with Crippen LogP contribution in [0.15, 0.2) is 12.4 Å². The van der Waals surface area contributed by atoms with Gasteiger partial charge >= 0.3 is 0 Å². The maximum absolute atomic E-state index is 5.36. The highest BCUT2D eigenvalue weighted by Gasteiger charge is 2.08. The lowest BCUT2D eigenvalue weighted by Crippen LogP contribution is -2.30. The number of nitrogens with one attached hydrogen (secondary N) is 1. The molecule has 0 spiro atoms. The van der Waals surface area contributed by atoms with Gasteiger partial charge in [-0.25, -0.2) is 9.97 Å². The van der Waals surface area contributed by atoms with Crippen LogP contribution in [0.1, 0.15) is 32.6 Å². The van der Waals surface area contributed by atoms with Gasteiger partial charge in [0.25, 0.3) is 0 Å². The number of hydrogen-bond acceptors (Lipinski definition) is 5. The fourth-order valence-corrected chi connectivity index (χ4v) is 2.36. The first-order valence-electron chi connectivity index (χ1n) is 7.29. The molecular formula is C14H24N4O. The smallest absolute Gasteiger partial charge is 0.218 e. The molecule has 1 aliphatic rings. The summed E-state index contributed by atoms with van der Waals surface area (Å²) in [4.78, 5) is 10.8. The molecule has 1 aliphatic heterocycles. The summed E-state index contributed by atoms with van der Waals surface area (Å²) in [6, 6.07) is 1.85. The van der Waals surface area contributed by atoms with Crippen molar-refractivity contribution in [3.63, 3.8) is 0 Å². The third-order valence-electron chi connectivity index (χ3n) is 3.37. The van der Waals surface area contributed by atoms with Crippen LogP contribution in [-0.2, 0) is 0 Å². The Hall–Kier alpha value is -1.36. The molecule has 1 aromatic heterocycles. The van der Waals surface area contributed by atoms with Crippen LogP contribution < -0.4 is 10.1 Å². The zero-order valence-electron chi connectivity index (χ0n) is 11.8. The Kier molecular flexibility index (Phi) is 5.88. The van der Waals surface area contributed by atoms with E-state index >= 15 is 0 Å². The Morgan fingerprint density at radius 1 is 1.21 bits per heavy atom. The van der Waals surface area contributed by atoms with Crippen LogP contribution >= 0.6 is 0 Å². The molecule has 0 saturated carbocycles. The minimum atomic E-state index is 0.629. The number of nitrogens with zero attached hydrogens (tertiary/aromatic N) is 3. The van der Waals surface area contributed by atoms with Gasteiger partial charge in [0.1, 0.15) is 12.1 Å². The van der Waals surface area contributed by atoms with Crippen molar-refractivity contribution >= 4 is 5.82 Å². The monoisotopic (exact) mass is 264 g/mol. The van der Waals surface area contributed by atoms with E-state index in [1.54, 1.807) is 6.33 Å². The largest absolute Gasteiger partial charge is 0.478 e. The van der Waals surface area contributed by atoms with Crippen molar-refractivity contribution in [2.75, 3.05) is 38.1 Å². The molecule has 106 valence electrons. The average molecular weight is 264 g/mol. The molecule has 5 heteroatoms. The quantitative estimate of drug-likeness (QED) is 0.853. The molecular weight excluding hydrogens is 240 g/mol. The normalized spacial score (nSPS) is 16.9. The van der Waals surface area contributed by atoms with Gasteiger partial charge in [0, 0.05) is 19.2 Å². The predicted molar refractivity (Wildman–Crippen MR) is 76.6 cm³/mol. The highest BCUT2D eigenvalue weighted by Crippen LogP contribution is 2.11. The molecule has 0 atom stereocenters. The minimum absolute atomic E-state index is 0.629. The van der Waals surface area contributed by atoms with Crippen LogP contribution in [0.2, 0.25) is 0 Å². The number of anilines is 1. The molecule has 0 bridgehead atoms. The van der Waals surface area contributed by atoms with Crippen molar-refractivity contribution in [2.45, 2.75) is 32.6 Å². The fourth-order valence-electron chi connectivity index (χ4n) is 2.36. The summed E-state index contributed by atoms with van der Waals surface area (Å²) in [7, 11) is 0. The summed E-state index contributed by atoms with van der Waals surface area (Å²) in [6.07, 6.45) is 6.98. The third kappa shape index (κ3) is 5.03. The van der Waals surface area contributed by atoms with Gasteiger partial charge < -0.3 is 15.0 Å². The number of aromatic nitrogens is 2. The number of rotatable bonds is 6. The first kappa shape index (κ1) is 14.1. The van der Waals surface area contributed by atoms with E-state index in [2.05, 4.69) is 20.2 Å². The van der Waals surface area contributed by atoms with Crippen LogP contribution in [0.5, 0.6) is 5.88 Å². The Bertz CT molecular complexity index is 364. The Balaban J connectivity index is 1.73. The average Bonchev–Trinajstić information content (AvgIpc) is 2.68. The SMILES string of the molecule is CCOc1cc(NCCN2CCCCCC2)ncn1. The van der Waals surface area contributed by atoms with Crippen molar-refractivity contribution in [2.24, 2.45) is 0 Å². The van der Waals surface area contributed by atoms with Gasteiger partial charge in [-0.1, -0.05) is 12.8 Å². The lowest BCUT2D eigenvalue weighted by Gasteiger charge is -2.19. The second-order valence-electron chi connectivity index (χ2n) is 4.86. The lowest BCUT2D eigenvalue weighted by atomic mass is 10.2. The molecule has 2 rings (SSSR count). The lowest BCUT2D eigenvalue weighted by molar-refractivity contribution is 0.296. The fraction of sp³-hybridized carbons (Fsp3) is 0.714. The van der Waals surface area contributed by atoms with E-state index < -0.39 is 0 Å². The molecule has 1 aromatic rings. The van der Waals surface area contributed by atoms with E-state index in [4.69, 9.17) is 4.74 Å². The van der Waals surface area contributed by atoms with Gasteiger partial charge in [0.2, 0.25) is 5.88 Å². The molecule has 0 aromatic carbocycles. The summed E-state index contributed by atoms with van der Waals surface area (Å²) < 4.78 is 5.36. The number of likely N-dealkylation sites (tertiary alicyclic amines) is 1. The minimum Gasteiger partial charge on any atom is -0.478 e. The van der Waals surface area contributed by atoms with Gasteiger partial charge in [0.05, 0.1) is 6.61 Å². The summed E-state index contributed by atoms with van der Waals surface area (Å²) >= 11 is 0. The standard InChI is InChI=1S/C14H24N4O/c1-2-19-14-11-13(16-12-17-14)15-7-10-18-8-5-3-4-6-9-18/h11-12H,2-10H2,1H3,(H,15,16,17). The van der Waals surface area contributed by atoms with Gasteiger partial charge in [-0.3, -0.25) is 0 Å². The molecule has 0 aliphatic carbocycles. The second-order valence-corrected chi connectivity index (χ2v) is 4.86. The van der Waals surface area contributed by atoms with Crippen molar-refractivity contribution in [3.8, 4) is 5.88 Å². The third-order valence-corrected chi connectivity index (χ3v) is 3.37. The maximum atomic E-state index is 5.36. The van der Waals surface area contributed by atoms with E-state index in [-0.39, 0.29) is 0 Å². The van der Waals surface area contributed by atoms with Gasteiger partial charge in [-0.2, -0.15) is 0 Å². The summed E-state index contributed by atoms with van der Waals surface area (Å²) in [6.45, 7) is 7.04. The molecule has 5 nitrogen and oxygen atoms in total.